The molecule has 5 heteroatoms. The number of amides is 1. The van der Waals surface area contributed by atoms with E-state index >= 15 is 0 Å². The number of nitrogens with two attached hydrogens (primary N) is 1. The second-order valence-electron chi connectivity index (χ2n) is 6.36. The summed E-state index contributed by atoms with van der Waals surface area (Å²) in [4.78, 5) is 18.9. The summed E-state index contributed by atoms with van der Waals surface area (Å²) < 4.78 is 2.06. The van der Waals surface area contributed by atoms with Gasteiger partial charge in [-0.1, -0.05) is 20.3 Å². The number of rotatable bonds is 5. The topological polar surface area (TPSA) is 64.2 Å². The Labute approximate surface area is 127 Å². The van der Waals surface area contributed by atoms with Crippen molar-refractivity contribution in [2.45, 2.75) is 45.6 Å². The maximum Gasteiger partial charge on any atom is 0.239 e. The van der Waals surface area contributed by atoms with Crippen LogP contribution in [0.4, 0.5) is 0 Å². The minimum atomic E-state index is -0.359. The van der Waals surface area contributed by atoms with E-state index in [9.17, 15) is 4.79 Å². The predicted octanol–water partition coefficient (Wildman–Crippen LogP) is 1.57. The highest BCUT2D eigenvalue weighted by Gasteiger charge is 2.29. The van der Waals surface area contributed by atoms with Gasteiger partial charge < -0.3 is 15.2 Å². The van der Waals surface area contributed by atoms with Crippen LogP contribution in [-0.2, 0) is 18.3 Å². The van der Waals surface area contributed by atoms with E-state index in [1.165, 1.54) is 0 Å². The highest BCUT2D eigenvalue weighted by molar-refractivity contribution is 5.82. The number of nitrogens with zero attached hydrogens (tertiary/aromatic N) is 3. The van der Waals surface area contributed by atoms with Crippen molar-refractivity contribution in [3.8, 4) is 0 Å². The van der Waals surface area contributed by atoms with Gasteiger partial charge in [0.2, 0.25) is 5.91 Å². The van der Waals surface area contributed by atoms with Gasteiger partial charge in [-0.05, 0) is 24.7 Å². The molecule has 0 unspecified atom stereocenters. The molecule has 1 aromatic heterocycles. The summed E-state index contributed by atoms with van der Waals surface area (Å²) in [5.41, 5.74) is 6.10. The first-order valence-electron chi connectivity index (χ1n) is 8.03. The zero-order valence-electron chi connectivity index (χ0n) is 13.5. The molecule has 2 rings (SSSR count). The van der Waals surface area contributed by atoms with Crippen LogP contribution < -0.4 is 5.73 Å². The Morgan fingerprint density at radius 3 is 2.95 bits per heavy atom. The first-order valence-corrected chi connectivity index (χ1v) is 8.03. The Balaban J connectivity index is 1.94. The number of hydrogen-bond donors (Lipinski definition) is 1. The van der Waals surface area contributed by atoms with Gasteiger partial charge in [0.25, 0.3) is 0 Å². The van der Waals surface area contributed by atoms with Crippen molar-refractivity contribution in [3.63, 3.8) is 0 Å². The predicted molar refractivity (Wildman–Crippen MR) is 83.6 cm³/mol. The number of carbonyl (C=O) groups excluding carboxylic acids is 1. The summed E-state index contributed by atoms with van der Waals surface area (Å²) in [5, 5.41) is 0. The fraction of sp³-hybridized carbons (Fsp3) is 0.750. The van der Waals surface area contributed by atoms with Crippen LogP contribution >= 0.6 is 0 Å². The molecule has 1 aromatic rings. The van der Waals surface area contributed by atoms with Gasteiger partial charge in [-0.15, -0.1) is 0 Å². The SMILES string of the molecule is CC[C@H](C)[C@@H](N)C(=O)N1CCC[C@H](Cc2nccn2C)C1. The largest absolute Gasteiger partial charge is 0.341 e. The lowest BCUT2D eigenvalue weighted by molar-refractivity contribution is -0.135. The summed E-state index contributed by atoms with van der Waals surface area (Å²) in [5.74, 6) is 1.95. The van der Waals surface area contributed by atoms with Crippen molar-refractivity contribution in [1.29, 1.82) is 0 Å². The van der Waals surface area contributed by atoms with Crippen LogP contribution in [0.5, 0.6) is 0 Å². The van der Waals surface area contributed by atoms with Gasteiger partial charge >= 0.3 is 0 Å². The Hall–Kier alpha value is -1.36. The molecule has 0 saturated carbocycles. The molecule has 0 bridgehead atoms. The lowest BCUT2D eigenvalue weighted by Crippen LogP contribution is -2.50. The number of aromatic nitrogens is 2. The molecular weight excluding hydrogens is 264 g/mol. The van der Waals surface area contributed by atoms with Gasteiger partial charge in [0.1, 0.15) is 5.82 Å². The molecule has 1 saturated heterocycles. The number of likely N-dealkylation sites (tertiary alicyclic amines) is 1. The lowest BCUT2D eigenvalue weighted by Gasteiger charge is -2.35. The average Bonchev–Trinajstić information content (AvgIpc) is 2.90. The van der Waals surface area contributed by atoms with Crippen molar-refractivity contribution >= 4 is 5.91 Å². The van der Waals surface area contributed by atoms with Crippen molar-refractivity contribution in [3.05, 3.63) is 18.2 Å². The third-order valence-electron chi connectivity index (χ3n) is 4.77. The highest BCUT2D eigenvalue weighted by Crippen LogP contribution is 2.21. The molecule has 21 heavy (non-hydrogen) atoms. The van der Waals surface area contributed by atoms with Crippen LogP contribution in [-0.4, -0.2) is 39.5 Å². The monoisotopic (exact) mass is 292 g/mol. The van der Waals surface area contributed by atoms with Gasteiger partial charge in [0.15, 0.2) is 0 Å². The Kier molecular flexibility index (Phi) is 5.39. The molecule has 0 spiro atoms. The Morgan fingerprint density at radius 1 is 1.57 bits per heavy atom. The third-order valence-corrected chi connectivity index (χ3v) is 4.77. The minimum Gasteiger partial charge on any atom is -0.341 e. The number of aryl methyl sites for hydroxylation is 1. The lowest BCUT2D eigenvalue weighted by atomic mass is 9.92. The Morgan fingerprint density at radius 2 is 2.33 bits per heavy atom. The van der Waals surface area contributed by atoms with E-state index in [0.717, 1.165) is 44.6 Å². The molecule has 1 aliphatic heterocycles. The first-order chi connectivity index (χ1) is 10.0. The second-order valence-corrected chi connectivity index (χ2v) is 6.36. The van der Waals surface area contributed by atoms with E-state index in [1.54, 1.807) is 0 Å². The van der Waals surface area contributed by atoms with E-state index in [0.29, 0.717) is 5.92 Å². The zero-order chi connectivity index (χ0) is 15.4. The fourth-order valence-electron chi connectivity index (χ4n) is 2.99. The van der Waals surface area contributed by atoms with Crippen molar-refractivity contribution < 1.29 is 4.79 Å². The molecule has 2 heterocycles. The van der Waals surface area contributed by atoms with Crippen LogP contribution in [0, 0.1) is 11.8 Å². The molecule has 118 valence electrons. The summed E-state index contributed by atoms with van der Waals surface area (Å²) >= 11 is 0. The summed E-state index contributed by atoms with van der Waals surface area (Å²) in [6.45, 7) is 5.80. The summed E-state index contributed by atoms with van der Waals surface area (Å²) in [6, 6.07) is -0.359. The van der Waals surface area contributed by atoms with Crippen LogP contribution in [0.15, 0.2) is 12.4 Å². The van der Waals surface area contributed by atoms with Crippen LogP contribution in [0.3, 0.4) is 0 Å². The van der Waals surface area contributed by atoms with Crippen molar-refractivity contribution in [1.82, 2.24) is 14.5 Å². The quantitative estimate of drug-likeness (QED) is 0.896. The van der Waals surface area contributed by atoms with Crippen LogP contribution in [0.2, 0.25) is 0 Å². The molecule has 1 amide bonds. The number of imidazole rings is 1. The molecular formula is C16H28N4O. The number of carbonyl (C=O) groups is 1. The van der Waals surface area contributed by atoms with E-state index in [-0.39, 0.29) is 17.9 Å². The third kappa shape index (κ3) is 3.84. The summed E-state index contributed by atoms with van der Waals surface area (Å²) in [6.07, 6.45) is 7.91. The van der Waals surface area contributed by atoms with Crippen LogP contribution in [0.1, 0.15) is 38.9 Å². The van der Waals surface area contributed by atoms with Gasteiger partial charge in [-0.3, -0.25) is 4.79 Å². The Bertz CT molecular complexity index is 471. The molecule has 0 aliphatic carbocycles. The average molecular weight is 292 g/mol. The molecule has 3 atom stereocenters. The number of piperidine rings is 1. The minimum absolute atomic E-state index is 0.119. The molecule has 1 aliphatic rings. The second kappa shape index (κ2) is 7.07. The smallest absolute Gasteiger partial charge is 0.239 e. The first kappa shape index (κ1) is 16.0. The normalized spacial score (nSPS) is 22.1. The van der Waals surface area contributed by atoms with Gasteiger partial charge in [0, 0.05) is 39.0 Å². The summed E-state index contributed by atoms with van der Waals surface area (Å²) in [7, 11) is 2.02. The molecule has 0 aromatic carbocycles. The van der Waals surface area contributed by atoms with Crippen molar-refractivity contribution in [2.24, 2.45) is 24.6 Å². The number of hydrogen-bond acceptors (Lipinski definition) is 3. The van der Waals surface area contributed by atoms with Crippen LogP contribution in [0.25, 0.3) is 0 Å². The maximum absolute atomic E-state index is 12.5. The van der Waals surface area contributed by atoms with Gasteiger partial charge in [-0.25, -0.2) is 4.98 Å². The van der Waals surface area contributed by atoms with E-state index in [4.69, 9.17) is 5.73 Å². The zero-order valence-corrected chi connectivity index (χ0v) is 13.5. The maximum atomic E-state index is 12.5. The molecule has 5 nitrogen and oxygen atoms in total. The molecule has 0 radical (unpaired) electrons. The van der Waals surface area contributed by atoms with Gasteiger partial charge in [-0.2, -0.15) is 0 Å². The van der Waals surface area contributed by atoms with E-state index in [1.807, 2.05) is 24.3 Å². The van der Waals surface area contributed by atoms with E-state index in [2.05, 4.69) is 23.4 Å². The van der Waals surface area contributed by atoms with Crippen molar-refractivity contribution in [2.75, 3.05) is 13.1 Å². The molecule has 1 fully saturated rings. The fourth-order valence-corrected chi connectivity index (χ4v) is 2.99. The van der Waals surface area contributed by atoms with E-state index < -0.39 is 0 Å². The van der Waals surface area contributed by atoms with Gasteiger partial charge in [0.05, 0.1) is 6.04 Å². The highest BCUT2D eigenvalue weighted by atomic mass is 16.2. The standard InChI is InChI=1S/C16H28N4O/c1-4-12(2)15(17)16(21)20-8-5-6-13(11-20)10-14-18-7-9-19(14)3/h7,9,12-13,15H,4-6,8,10-11,17H2,1-3H3/t12-,13+,15+/m0/s1. The molecule has 2 N–H and O–H groups in total.